The van der Waals surface area contributed by atoms with E-state index in [-0.39, 0.29) is 5.91 Å². The predicted molar refractivity (Wildman–Crippen MR) is 89.9 cm³/mol. The molecule has 3 rings (SSSR count). The molecular weight excluding hydrogens is 288 g/mol. The molecule has 4 nitrogen and oxygen atoms in total. The minimum atomic E-state index is 0.0325. The zero-order valence-corrected chi connectivity index (χ0v) is 13.6. The van der Waals surface area contributed by atoms with Crippen LogP contribution < -0.4 is 4.74 Å². The van der Waals surface area contributed by atoms with Crippen LogP contribution in [0, 0.1) is 5.92 Å². The monoisotopic (exact) mass is 308 g/mol. The fourth-order valence-electron chi connectivity index (χ4n) is 2.75. The third-order valence-corrected chi connectivity index (χ3v) is 3.85. The number of allylic oxidation sites excluding steroid dienone is 1. The van der Waals surface area contributed by atoms with E-state index in [0.717, 1.165) is 28.1 Å². The molecule has 23 heavy (non-hydrogen) atoms. The Kier molecular flexibility index (Phi) is 4.15. The maximum atomic E-state index is 12.7. The van der Waals surface area contributed by atoms with E-state index in [1.807, 2.05) is 29.2 Å². The van der Waals surface area contributed by atoms with Gasteiger partial charge in [0.15, 0.2) is 0 Å². The highest BCUT2D eigenvalue weighted by Gasteiger charge is 2.32. The third-order valence-electron chi connectivity index (χ3n) is 3.85. The molecule has 0 bridgehead atoms. The summed E-state index contributed by atoms with van der Waals surface area (Å²) in [5, 5.41) is 0. The normalized spacial score (nSPS) is 15.4. The Morgan fingerprint density at radius 3 is 2.57 bits per heavy atom. The fraction of sp³-hybridized carbons (Fsp3) is 0.263. The maximum absolute atomic E-state index is 12.7. The highest BCUT2D eigenvalue weighted by molar-refractivity contribution is 6.08. The van der Waals surface area contributed by atoms with E-state index >= 15 is 0 Å². The lowest BCUT2D eigenvalue weighted by atomic mass is 10.1. The number of aromatic nitrogens is 1. The number of nitrogens with zero attached hydrogens (tertiary/aromatic N) is 2. The van der Waals surface area contributed by atoms with Crippen LogP contribution in [0.5, 0.6) is 5.75 Å². The molecule has 0 N–H and O–H groups in total. The van der Waals surface area contributed by atoms with Crippen molar-refractivity contribution in [3.8, 4) is 5.75 Å². The van der Waals surface area contributed by atoms with Crippen molar-refractivity contribution in [2.75, 3.05) is 7.11 Å². The van der Waals surface area contributed by atoms with Gasteiger partial charge in [0.1, 0.15) is 5.75 Å². The Morgan fingerprint density at radius 1 is 1.17 bits per heavy atom. The molecule has 1 aromatic carbocycles. The number of hydrogen-bond acceptors (Lipinski definition) is 3. The first kappa shape index (κ1) is 15.3. The van der Waals surface area contributed by atoms with Crippen LogP contribution in [0.1, 0.15) is 35.3 Å². The number of amides is 1. The van der Waals surface area contributed by atoms with Gasteiger partial charge < -0.3 is 9.64 Å². The maximum Gasteiger partial charge on any atom is 0.259 e. The van der Waals surface area contributed by atoms with E-state index in [9.17, 15) is 4.79 Å². The molecule has 2 heterocycles. The number of methoxy groups -OCH3 is 1. The Balaban J connectivity index is 1.95. The fourth-order valence-corrected chi connectivity index (χ4v) is 2.75. The number of ether oxygens (including phenoxy) is 1. The molecule has 0 aliphatic carbocycles. The number of carbonyl (C=O) groups is 1. The van der Waals surface area contributed by atoms with Gasteiger partial charge in [-0.1, -0.05) is 32.1 Å². The standard InChI is InChI=1S/C19H20N2O2/c1-13(2)10-18-17-11-20-9-8-16(17)19(22)21(18)12-14-4-6-15(23-3)7-5-14/h4-11,13H,12H2,1-3H3/b18-10-. The van der Waals surface area contributed by atoms with Crippen molar-refractivity contribution in [1.29, 1.82) is 0 Å². The highest BCUT2D eigenvalue weighted by atomic mass is 16.5. The molecule has 1 aromatic heterocycles. The van der Waals surface area contributed by atoms with Gasteiger partial charge in [-0.15, -0.1) is 0 Å². The molecule has 2 aromatic rings. The van der Waals surface area contributed by atoms with Crippen molar-refractivity contribution in [2.24, 2.45) is 5.92 Å². The van der Waals surface area contributed by atoms with Gasteiger partial charge in [0, 0.05) is 18.0 Å². The SMILES string of the molecule is COc1ccc(CN2C(=O)c3ccncc3/C2=C/C(C)C)cc1. The van der Waals surface area contributed by atoms with Crippen LogP contribution in [0.25, 0.3) is 5.70 Å². The quantitative estimate of drug-likeness (QED) is 0.864. The second-order valence-electron chi connectivity index (χ2n) is 5.96. The molecule has 1 aliphatic rings. The zero-order valence-electron chi connectivity index (χ0n) is 13.6. The molecule has 0 spiro atoms. The topological polar surface area (TPSA) is 42.4 Å². The predicted octanol–water partition coefficient (Wildman–Crippen LogP) is 3.74. The number of benzene rings is 1. The van der Waals surface area contributed by atoms with Gasteiger partial charge in [-0.3, -0.25) is 9.78 Å². The summed E-state index contributed by atoms with van der Waals surface area (Å²) in [6, 6.07) is 9.59. The van der Waals surface area contributed by atoms with Crippen LogP contribution in [-0.4, -0.2) is 22.9 Å². The van der Waals surface area contributed by atoms with Crippen molar-refractivity contribution in [3.63, 3.8) is 0 Å². The van der Waals surface area contributed by atoms with Gasteiger partial charge in [-0.2, -0.15) is 0 Å². The van der Waals surface area contributed by atoms with Gasteiger partial charge in [0.05, 0.1) is 24.9 Å². The lowest BCUT2D eigenvalue weighted by Crippen LogP contribution is -2.22. The smallest absolute Gasteiger partial charge is 0.259 e. The molecule has 4 heteroatoms. The number of pyridine rings is 1. The van der Waals surface area contributed by atoms with Gasteiger partial charge >= 0.3 is 0 Å². The third kappa shape index (κ3) is 2.97. The molecule has 0 saturated carbocycles. The lowest BCUT2D eigenvalue weighted by molar-refractivity contribution is 0.0842. The van der Waals surface area contributed by atoms with E-state index < -0.39 is 0 Å². The minimum Gasteiger partial charge on any atom is -0.497 e. The lowest BCUT2D eigenvalue weighted by Gasteiger charge is -2.19. The number of carbonyl (C=O) groups excluding carboxylic acids is 1. The van der Waals surface area contributed by atoms with E-state index in [0.29, 0.717) is 12.5 Å². The van der Waals surface area contributed by atoms with Crippen LogP contribution in [0.3, 0.4) is 0 Å². The summed E-state index contributed by atoms with van der Waals surface area (Å²) in [4.78, 5) is 18.8. The Bertz CT molecular complexity index is 748. The summed E-state index contributed by atoms with van der Waals surface area (Å²) < 4.78 is 5.18. The van der Waals surface area contributed by atoms with Gasteiger partial charge in [0.25, 0.3) is 5.91 Å². The second kappa shape index (κ2) is 6.24. The minimum absolute atomic E-state index is 0.0325. The Morgan fingerprint density at radius 2 is 1.91 bits per heavy atom. The molecule has 0 saturated heterocycles. The zero-order chi connectivity index (χ0) is 16.4. The average Bonchev–Trinajstić information content (AvgIpc) is 2.81. The van der Waals surface area contributed by atoms with Gasteiger partial charge in [0.2, 0.25) is 0 Å². The second-order valence-corrected chi connectivity index (χ2v) is 5.96. The summed E-state index contributed by atoms with van der Waals surface area (Å²) in [6.45, 7) is 4.75. The van der Waals surface area contributed by atoms with Crippen LogP contribution in [0.4, 0.5) is 0 Å². The highest BCUT2D eigenvalue weighted by Crippen LogP contribution is 2.34. The van der Waals surface area contributed by atoms with Gasteiger partial charge in [-0.25, -0.2) is 0 Å². The number of fused-ring (bicyclic) bond motifs is 1. The Labute approximate surface area is 136 Å². The van der Waals surface area contributed by atoms with E-state index in [4.69, 9.17) is 4.74 Å². The number of rotatable bonds is 4. The van der Waals surface area contributed by atoms with Crippen LogP contribution in [-0.2, 0) is 6.54 Å². The van der Waals surface area contributed by atoms with Crippen molar-refractivity contribution >= 4 is 11.6 Å². The molecular formula is C19H20N2O2. The van der Waals surface area contributed by atoms with Crippen LogP contribution in [0.2, 0.25) is 0 Å². The van der Waals surface area contributed by atoms with E-state index in [1.54, 1.807) is 25.6 Å². The molecule has 1 aliphatic heterocycles. The van der Waals surface area contributed by atoms with Crippen molar-refractivity contribution in [3.05, 3.63) is 65.5 Å². The summed E-state index contributed by atoms with van der Waals surface area (Å²) in [7, 11) is 1.64. The molecule has 118 valence electrons. The molecule has 0 fully saturated rings. The average molecular weight is 308 g/mol. The molecule has 1 amide bonds. The summed E-state index contributed by atoms with van der Waals surface area (Å²) in [5.74, 6) is 1.19. The first-order chi connectivity index (χ1) is 11.1. The molecule has 0 unspecified atom stereocenters. The summed E-state index contributed by atoms with van der Waals surface area (Å²) in [5.41, 5.74) is 3.65. The van der Waals surface area contributed by atoms with Gasteiger partial charge in [-0.05, 0) is 29.7 Å². The van der Waals surface area contributed by atoms with Crippen molar-refractivity contribution < 1.29 is 9.53 Å². The summed E-state index contributed by atoms with van der Waals surface area (Å²) in [6.07, 6.45) is 5.56. The van der Waals surface area contributed by atoms with E-state index in [1.165, 1.54) is 0 Å². The number of hydrogen-bond donors (Lipinski definition) is 0. The molecule has 0 radical (unpaired) electrons. The first-order valence-corrected chi connectivity index (χ1v) is 7.71. The van der Waals surface area contributed by atoms with Crippen molar-refractivity contribution in [1.82, 2.24) is 9.88 Å². The summed E-state index contributed by atoms with van der Waals surface area (Å²) >= 11 is 0. The van der Waals surface area contributed by atoms with Crippen molar-refractivity contribution in [2.45, 2.75) is 20.4 Å². The van der Waals surface area contributed by atoms with Crippen LogP contribution >= 0.6 is 0 Å². The largest absolute Gasteiger partial charge is 0.497 e. The Hall–Kier alpha value is -2.62. The van der Waals surface area contributed by atoms with E-state index in [2.05, 4.69) is 24.9 Å². The first-order valence-electron chi connectivity index (χ1n) is 7.71. The van der Waals surface area contributed by atoms with Crippen LogP contribution in [0.15, 0.2) is 48.8 Å². The molecule has 0 atom stereocenters.